The van der Waals surface area contributed by atoms with E-state index < -0.39 is 11.8 Å². The highest BCUT2D eigenvalue weighted by molar-refractivity contribution is 6.37. The van der Waals surface area contributed by atoms with E-state index >= 15 is 0 Å². The maximum atomic E-state index is 13.1. The minimum Gasteiger partial charge on any atom is -0.361 e. The molecule has 0 bridgehead atoms. The maximum Gasteiger partial charge on any atom is 0.272 e. The zero-order chi connectivity index (χ0) is 21.8. The first-order valence-electron chi connectivity index (χ1n) is 9.42. The molecule has 0 aliphatic rings. The van der Waals surface area contributed by atoms with Gasteiger partial charge in [0, 0.05) is 38.6 Å². The number of carbonyl (C=O) groups is 2. The number of hydrogen-bond donors (Lipinski definition) is 3. The standard InChI is InChI=1S/C24H17Cl2N3O2/c25-19-7-4-8-20(26)18(19)14-22(29-23(30)16-5-2-1-3-6-16)24(31)28-17-10-9-15-11-12-27-21(15)13-17/h1-14,27H,(H,28,31)(H,29,30)/b22-14+. The molecule has 2 amide bonds. The second-order valence-electron chi connectivity index (χ2n) is 6.75. The summed E-state index contributed by atoms with van der Waals surface area (Å²) in [5, 5.41) is 7.23. The van der Waals surface area contributed by atoms with Crippen molar-refractivity contribution >= 4 is 57.7 Å². The fourth-order valence-corrected chi connectivity index (χ4v) is 3.57. The Bertz CT molecular complexity index is 1280. The predicted octanol–water partition coefficient (Wildman–Crippen LogP) is 5.88. The van der Waals surface area contributed by atoms with Crippen molar-refractivity contribution < 1.29 is 9.59 Å². The zero-order valence-electron chi connectivity index (χ0n) is 16.2. The highest BCUT2D eigenvalue weighted by Gasteiger charge is 2.17. The summed E-state index contributed by atoms with van der Waals surface area (Å²) in [6.45, 7) is 0. The summed E-state index contributed by atoms with van der Waals surface area (Å²) in [5.41, 5.74) is 2.31. The van der Waals surface area contributed by atoms with Crippen molar-refractivity contribution in [1.29, 1.82) is 0 Å². The van der Waals surface area contributed by atoms with Gasteiger partial charge >= 0.3 is 0 Å². The third-order valence-electron chi connectivity index (χ3n) is 4.63. The molecular weight excluding hydrogens is 433 g/mol. The van der Waals surface area contributed by atoms with Crippen LogP contribution < -0.4 is 10.6 Å². The molecule has 154 valence electrons. The third-order valence-corrected chi connectivity index (χ3v) is 5.29. The minimum absolute atomic E-state index is 0.00966. The zero-order valence-corrected chi connectivity index (χ0v) is 17.7. The Morgan fingerprint density at radius 2 is 1.61 bits per heavy atom. The van der Waals surface area contributed by atoms with Crippen LogP contribution in [-0.4, -0.2) is 16.8 Å². The second kappa shape index (κ2) is 9.08. The quantitative estimate of drug-likeness (QED) is 0.332. The normalized spacial score (nSPS) is 11.4. The molecule has 0 radical (unpaired) electrons. The van der Waals surface area contributed by atoms with Crippen LogP contribution in [0, 0.1) is 0 Å². The molecular formula is C24H17Cl2N3O2. The molecule has 3 aromatic carbocycles. The van der Waals surface area contributed by atoms with Crippen LogP contribution in [0.25, 0.3) is 17.0 Å². The van der Waals surface area contributed by atoms with Crippen LogP contribution in [-0.2, 0) is 4.79 Å². The van der Waals surface area contributed by atoms with Gasteiger partial charge in [-0.1, -0.05) is 53.5 Å². The number of carbonyl (C=O) groups excluding carboxylic acids is 2. The van der Waals surface area contributed by atoms with Gasteiger partial charge in [-0.25, -0.2) is 0 Å². The first-order valence-corrected chi connectivity index (χ1v) is 10.2. The Balaban J connectivity index is 1.67. The summed E-state index contributed by atoms with van der Waals surface area (Å²) in [6.07, 6.45) is 3.29. The van der Waals surface area contributed by atoms with Gasteiger partial charge in [-0.3, -0.25) is 9.59 Å². The lowest BCUT2D eigenvalue weighted by molar-refractivity contribution is -0.113. The summed E-state index contributed by atoms with van der Waals surface area (Å²) in [6, 6.07) is 21.1. The summed E-state index contributed by atoms with van der Waals surface area (Å²) >= 11 is 12.5. The van der Waals surface area contributed by atoms with Crippen LogP contribution in [0.15, 0.2) is 84.7 Å². The number of fused-ring (bicyclic) bond motifs is 1. The number of halogens is 2. The van der Waals surface area contributed by atoms with Crippen LogP contribution >= 0.6 is 23.2 Å². The average Bonchev–Trinajstić information content (AvgIpc) is 3.24. The average molecular weight is 450 g/mol. The van der Waals surface area contributed by atoms with E-state index in [-0.39, 0.29) is 5.70 Å². The Morgan fingerprint density at radius 3 is 2.35 bits per heavy atom. The molecule has 31 heavy (non-hydrogen) atoms. The summed E-state index contributed by atoms with van der Waals surface area (Å²) in [5.74, 6) is -0.934. The van der Waals surface area contributed by atoms with Crippen molar-refractivity contribution in [2.24, 2.45) is 0 Å². The van der Waals surface area contributed by atoms with Gasteiger partial charge in [0.05, 0.1) is 0 Å². The largest absolute Gasteiger partial charge is 0.361 e. The number of H-pyrrole nitrogens is 1. The second-order valence-corrected chi connectivity index (χ2v) is 7.56. The van der Waals surface area contributed by atoms with E-state index in [1.807, 2.05) is 24.4 Å². The van der Waals surface area contributed by atoms with E-state index in [1.54, 1.807) is 54.6 Å². The Hall–Kier alpha value is -3.54. The molecule has 5 nitrogen and oxygen atoms in total. The van der Waals surface area contributed by atoms with Crippen LogP contribution in [0.3, 0.4) is 0 Å². The topological polar surface area (TPSA) is 74.0 Å². The van der Waals surface area contributed by atoms with E-state index in [2.05, 4.69) is 15.6 Å². The van der Waals surface area contributed by atoms with Gasteiger partial charge in [0.1, 0.15) is 5.70 Å². The SMILES string of the molecule is O=C(Nc1ccc2cc[nH]c2c1)/C(=C\c1c(Cl)cccc1Cl)NC(=O)c1ccccc1. The summed E-state index contributed by atoms with van der Waals surface area (Å²) in [7, 11) is 0. The van der Waals surface area contributed by atoms with Gasteiger partial charge in [-0.2, -0.15) is 0 Å². The smallest absolute Gasteiger partial charge is 0.272 e. The fraction of sp³-hybridized carbons (Fsp3) is 0. The van der Waals surface area contributed by atoms with E-state index in [1.165, 1.54) is 6.08 Å². The lowest BCUT2D eigenvalue weighted by atomic mass is 10.1. The molecule has 0 aliphatic heterocycles. The minimum atomic E-state index is -0.508. The number of anilines is 1. The molecule has 0 unspecified atom stereocenters. The number of amides is 2. The number of benzene rings is 3. The third kappa shape index (κ3) is 4.79. The van der Waals surface area contributed by atoms with E-state index in [0.29, 0.717) is 26.9 Å². The van der Waals surface area contributed by atoms with E-state index in [0.717, 1.165) is 10.9 Å². The monoisotopic (exact) mass is 449 g/mol. The molecule has 1 heterocycles. The first-order chi connectivity index (χ1) is 15.0. The van der Waals surface area contributed by atoms with E-state index in [4.69, 9.17) is 23.2 Å². The number of nitrogens with one attached hydrogen (secondary N) is 3. The molecule has 7 heteroatoms. The lowest BCUT2D eigenvalue weighted by Gasteiger charge is -2.12. The van der Waals surface area contributed by atoms with E-state index in [9.17, 15) is 9.59 Å². The highest BCUT2D eigenvalue weighted by Crippen LogP contribution is 2.27. The van der Waals surface area contributed by atoms with Crippen molar-refractivity contribution in [3.8, 4) is 0 Å². The van der Waals surface area contributed by atoms with Crippen molar-refractivity contribution in [2.75, 3.05) is 5.32 Å². The first kappa shape index (κ1) is 20.7. The predicted molar refractivity (Wildman–Crippen MR) is 125 cm³/mol. The lowest BCUT2D eigenvalue weighted by Crippen LogP contribution is -2.30. The van der Waals surface area contributed by atoms with Gasteiger partial charge in [0.2, 0.25) is 0 Å². The van der Waals surface area contributed by atoms with Crippen LogP contribution in [0.1, 0.15) is 15.9 Å². The van der Waals surface area contributed by atoms with Gasteiger partial charge in [0.25, 0.3) is 11.8 Å². The highest BCUT2D eigenvalue weighted by atomic mass is 35.5. The molecule has 4 rings (SSSR count). The van der Waals surface area contributed by atoms with Gasteiger partial charge in [-0.15, -0.1) is 0 Å². The van der Waals surface area contributed by atoms with Crippen LogP contribution in [0.2, 0.25) is 10.0 Å². The van der Waals surface area contributed by atoms with Crippen molar-refractivity contribution in [1.82, 2.24) is 10.3 Å². The number of rotatable bonds is 5. The Labute approximate surface area is 188 Å². The van der Waals surface area contributed by atoms with Crippen LogP contribution in [0.5, 0.6) is 0 Å². The van der Waals surface area contributed by atoms with Crippen molar-refractivity contribution in [2.45, 2.75) is 0 Å². The molecule has 0 aliphatic carbocycles. The number of hydrogen-bond acceptors (Lipinski definition) is 2. The summed E-state index contributed by atoms with van der Waals surface area (Å²) in [4.78, 5) is 28.9. The maximum absolute atomic E-state index is 13.1. The molecule has 0 saturated carbocycles. The molecule has 1 aromatic heterocycles. The molecule has 0 saturated heterocycles. The summed E-state index contributed by atoms with van der Waals surface area (Å²) < 4.78 is 0. The Morgan fingerprint density at radius 1 is 0.871 bits per heavy atom. The van der Waals surface area contributed by atoms with Crippen LogP contribution in [0.4, 0.5) is 5.69 Å². The molecule has 4 aromatic rings. The van der Waals surface area contributed by atoms with Crippen molar-refractivity contribution in [3.63, 3.8) is 0 Å². The Kier molecular flexibility index (Phi) is 6.07. The molecule has 0 atom stereocenters. The molecule has 3 N–H and O–H groups in total. The number of aromatic amines is 1. The van der Waals surface area contributed by atoms with Gasteiger partial charge < -0.3 is 15.6 Å². The molecule has 0 fully saturated rings. The number of aromatic nitrogens is 1. The van der Waals surface area contributed by atoms with Gasteiger partial charge in [-0.05, 0) is 53.9 Å². The van der Waals surface area contributed by atoms with Crippen molar-refractivity contribution in [3.05, 3.63) is 106 Å². The molecule has 0 spiro atoms. The fourth-order valence-electron chi connectivity index (χ4n) is 3.06. The van der Waals surface area contributed by atoms with Gasteiger partial charge in [0.15, 0.2) is 0 Å².